The Morgan fingerprint density at radius 2 is 1.48 bits per heavy atom. The van der Waals surface area contributed by atoms with E-state index in [0.717, 1.165) is 12.1 Å². The van der Waals surface area contributed by atoms with Crippen LogP contribution < -0.4 is 5.43 Å². The molecule has 21 heavy (non-hydrogen) atoms. The van der Waals surface area contributed by atoms with E-state index in [1.807, 2.05) is 0 Å². The summed E-state index contributed by atoms with van der Waals surface area (Å²) in [5.41, 5.74) is -0.315. The number of phenols is 3. The quantitative estimate of drug-likeness (QED) is 0.511. The van der Waals surface area contributed by atoms with E-state index >= 15 is 0 Å². The zero-order chi connectivity index (χ0) is 15.1. The van der Waals surface area contributed by atoms with Crippen LogP contribution in [-0.2, 0) is 0 Å². The second kappa shape index (κ2) is 4.45. The van der Waals surface area contributed by atoms with Crippen LogP contribution in [0.25, 0.3) is 22.3 Å². The van der Waals surface area contributed by atoms with Crippen molar-refractivity contribution >= 4 is 11.0 Å². The molecule has 0 saturated heterocycles. The molecule has 0 atom stereocenters. The lowest BCUT2D eigenvalue weighted by Gasteiger charge is -2.08. The van der Waals surface area contributed by atoms with Crippen molar-refractivity contribution in [3.63, 3.8) is 0 Å². The Morgan fingerprint density at radius 1 is 0.857 bits per heavy atom. The van der Waals surface area contributed by atoms with Gasteiger partial charge in [0.2, 0.25) is 11.2 Å². The summed E-state index contributed by atoms with van der Waals surface area (Å²) < 4.78 is 5.46. The Balaban J connectivity index is 2.35. The van der Waals surface area contributed by atoms with E-state index in [1.165, 1.54) is 6.07 Å². The predicted molar refractivity (Wildman–Crippen MR) is 74.6 cm³/mol. The monoisotopic (exact) mass is 286 g/mol. The van der Waals surface area contributed by atoms with Gasteiger partial charge in [-0.3, -0.25) is 4.79 Å². The van der Waals surface area contributed by atoms with Gasteiger partial charge in [-0.25, -0.2) is 0 Å². The highest BCUT2D eigenvalue weighted by molar-refractivity contribution is 5.82. The first-order valence-electron chi connectivity index (χ1n) is 5.99. The summed E-state index contributed by atoms with van der Waals surface area (Å²) in [5.74, 6) is -2.73. The zero-order valence-electron chi connectivity index (χ0n) is 10.6. The molecular weight excluding hydrogens is 276 g/mol. The number of hydrogen-bond acceptors (Lipinski definition) is 6. The highest BCUT2D eigenvalue weighted by atomic mass is 16.4. The Kier molecular flexibility index (Phi) is 2.72. The van der Waals surface area contributed by atoms with E-state index in [4.69, 9.17) is 4.42 Å². The molecule has 0 unspecified atom stereocenters. The molecule has 1 heterocycles. The van der Waals surface area contributed by atoms with Gasteiger partial charge in [0.05, 0.1) is 5.39 Å². The van der Waals surface area contributed by atoms with Gasteiger partial charge in [-0.05, 0) is 24.3 Å². The van der Waals surface area contributed by atoms with Crippen molar-refractivity contribution in [2.45, 2.75) is 0 Å². The van der Waals surface area contributed by atoms with Crippen molar-refractivity contribution in [1.82, 2.24) is 0 Å². The molecule has 0 bridgehead atoms. The molecule has 1 aromatic heterocycles. The number of phenolic OH excluding ortho intramolecular Hbond substituents is 3. The van der Waals surface area contributed by atoms with Gasteiger partial charge in [0.15, 0.2) is 23.0 Å². The minimum atomic E-state index is -0.693. The molecule has 3 aromatic rings. The minimum Gasteiger partial charge on any atom is -0.504 e. The molecule has 0 aliphatic rings. The molecule has 2 aromatic carbocycles. The molecular formula is C15H10O6. The number of para-hydroxylation sites is 1. The maximum absolute atomic E-state index is 12.1. The molecule has 3 rings (SSSR count). The molecule has 0 aliphatic heterocycles. The first kappa shape index (κ1) is 12.9. The van der Waals surface area contributed by atoms with Crippen molar-refractivity contribution in [3.05, 3.63) is 46.6 Å². The van der Waals surface area contributed by atoms with Crippen LogP contribution in [0.2, 0.25) is 0 Å². The van der Waals surface area contributed by atoms with Crippen LogP contribution in [0.5, 0.6) is 23.0 Å². The third kappa shape index (κ3) is 1.93. The van der Waals surface area contributed by atoms with Crippen molar-refractivity contribution in [2.75, 3.05) is 0 Å². The SMILES string of the molecule is O=c1c(O)c(-c2cc(O)c(O)c(O)c2)oc2ccccc12. The molecule has 0 aliphatic carbocycles. The van der Waals surface area contributed by atoms with E-state index in [1.54, 1.807) is 18.2 Å². The van der Waals surface area contributed by atoms with Gasteiger partial charge in [0, 0.05) is 5.56 Å². The topological polar surface area (TPSA) is 111 Å². The standard InChI is InChI=1S/C15H10O6/c16-9-5-7(6-10(17)13(9)19)15-14(20)12(18)8-3-1-2-4-11(8)21-15/h1-6,16-17,19-20H. The van der Waals surface area contributed by atoms with Gasteiger partial charge in [-0.15, -0.1) is 0 Å². The lowest BCUT2D eigenvalue weighted by Crippen LogP contribution is -2.02. The Hall–Kier alpha value is -3.15. The maximum Gasteiger partial charge on any atom is 0.235 e. The molecule has 0 radical (unpaired) electrons. The van der Waals surface area contributed by atoms with Crippen molar-refractivity contribution < 1.29 is 24.8 Å². The van der Waals surface area contributed by atoms with Crippen LogP contribution in [0.1, 0.15) is 0 Å². The summed E-state index contributed by atoms with van der Waals surface area (Å²) >= 11 is 0. The molecule has 0 amide bonds. The van der Waals surface area contributed by atoms with Crippen LogP contribution in [0.3, 0.4) is 0 Å². The molecule has 0 fully saturated rings. The first-order chi connectivity index (χ1) is 9.99. The fourth-order valence-corrected chi connectivity index (χ4v) is 2.06. The average Bonchev–Trinajstić information content (AvgIpc) is 2.48. The maximum atomic E-state index is 12.1. The Labute approximate surface area is 117 Å². The van der Waals surface area contributed by atoms with Crippen molar-refractivity contribution in [2.24, 2.45) is 0 Å². The van der Waals surface area contributed by atoms with Gasteiger partial charge in [-0.1, -0.05) is 12.1 Å². The van der Waals surface area contributed by atoms with Gasteiger partial charge in [0.25, 0.3) is 0 Å². The van der Waals surface area contributed by atoms with E-state index in [-0.39, 0.29) is 22.3 Å². The van der Waals surface area contributed by atoms with Crippen LogP contribution in [-0.4, -0.2) is 20.4 Å². The van der Waals surface area contributed by atoms with Crippen LogP contribution in [0, 0.1) is 0 Å². The second-order valence-corrected chi connectivity index (χ2v) is 4.47. The lowest BCUT2D eigenvalue weighted by molar-refractivity contribution is 0.368. The van der Waals surface area contributed by atoms with E-state index in [9.17, 15) is 25.2 Å². The van der Waals surface area contributed by atoms with Crippen LogP contribution in [0.4, 0.5) is 0 Å². The molecule has 4 N–H and O–H groups in total. The van der Waals surface area contributed by atoms with Crippen molar-refractivity contribution in [1.29, 1.82) is 0 Å². The van der Waals surface area contributed by atoms with E-state index in [2.05, 4.69) is 0 Å². The van der Waals surface area contributed by atoms with Crippen molar-refractivity contribution in [3.8, 4) is 34.3 Å². The van der Waals surface area contributed by atoms with Gasteiger partial charge in [-0.2, -0.15) is 0 Å². The highest BCUT2D eigenvalue weighted by Crippen LogP contribution is 2.40. The van der Waals surface area contributed by atoms with Crippen LogP contribution in [0.15, 0.2) is 45.6 Å². The molecule has 0 saturated carbocycles. The number of fused-ring (bicyclic) bond motifs is 1. The Morgan fingerprint density at radius 3 is 2.14 bits per heavy atom. The van der Waals surface area contributed by atoms with E-state index < -0.39 is 28.4 Å². The first-order valence-corrected chi connectivity index (χ1v) is 5.99. The summed E-state index contributed by atoms with van der Waals surface area (Å²) in [6.07, 6.45) is 0. The summed E-state index contributed by atoms with van der Waals surface area (Å²) in [6, 6.07) is 8.51. The number of benzene rings is 2. The van der Waals surface area contributed by atoms with E-state index in [0.29, 0.717) is 0 Å². The van der Waals surface area contributed by atoms with Gasteiger partial charge >= 0.3 is 0 Å². The fraction of sp³-hybridized carbons (Fsp3) is 0. The Bertz CT molecular complexity index is 887. The smallest absolute Gasteiger partial charge is 0.235 e. The van der Waals surface area contributed by atoms with Crippen LogP contribution >= 0.6 is 0 Å². The number of rotatable bonds is 1. The third-order valence-corrected chi connectivity index (χ3v) is 3.11. The highest BCUT2D eigenvalue weighted by Gasteiger charge is 2.18. The van der Waals surface area contributed by atoms with Gasteiger partial charge < -0.3 is 24.8 Å². The molecule has 6 heteroatoms. The largest absolute Gasteiger partial charge is 0.504 e. The zero-order valence-corrected chi connectivity index (χ0v) is 10.6. The number of hydrogen-bond donors (Lipinski definition) is 4. The molecule has 106 valence electrons. The second-order valence-electron chi connectivity index (χ2n) is 4.47. The fourth-order valence-electron chi connectivity index (χ4n) is 2.06. The predicted octanol–water partition coefficient (Wildman–Crippen LogP) is 2.28. The molecule has 6 nitrogen and oxygen atoms in total. The lowest BCUT2D eigenvalue weighted by atomic mass is 10.1. The third-order valence-electron chi connectivity index (χ3n) is 3.11. The molecule has 0 spiro atoms. The summed E-state index contributed by atoms with van der Waals surface area (Å²) in [7, 11) is 0. The summed E-state index contributed by atoms with van der Waals surface area (Å²) in [6.45, 7) is 0. The average molecular weight is 286 g/mol. The van der Waals surface area contributed by atoms with Gasteiger partial charge in [0.1, 0.15) is 5.58 Å². The summed E-state index contributed by atoms with van der Waals surface area (Å²) in [4.78, 5) is 12.1. The normalized spacial score (nSPS) is 10.9. The number of aromatic hydroxyl groups is 4. The summed E-state index contributed by atoms with van der Waals surface area (Å²) in [5, 5.41) is 38.5. The minimum absolute atomic E-state index is 0.0585.